The minimum atomic E-state index is 0.0172. The van der Waals surface area contributed by atoms with E-state index >= 15 is 0 Å². The second kappa shape index (κ2) is 5.47. The van der Waals surface area contributed by atoms with E-state index in [0.717, 1.165) is 28.6 Å². The van der Waals surface area contributed by atoms with Crippen molar-refractivity contribution in [3.05, 3.63) is 56.2 Å². The summed E-state index contributed by atoms with van der Waals surface area (Å²) in [5.41, 5.74) is 2.64. The smallest absolute Gasteiger partial charge is 0.262 e. The van der Waals surface area contributed by atoms with Gasteiger partial charge in [-0.2, -0.15) is 0 Å². The van der Waals surface area contributed by atoms with Crippen LogP contribution in [0.4, 0.5) is 0 Å². The number of carbonyl (C=O) groups excluding carboxylic acids is 1. The Morgan fingerprint density at radius 1 is 1.32 bits per heavy atom. The van der Waals surface area contributed by atoms with E-state index in [-0.39, 0.29) is 11.9 Å². The second-order valence-electron chi connectivity index (χ2n) is 4.71. The van der Waals surface area contributed by atoms with Gasteiger partial charge in [-0.25, -0.2) is 0 Å². The van der Waals surface area contributed by atoms with E-state index in [4.69, 9.17) is 0 Å². The molecule has 1 aliphatic rings. The Morgan fingerprint density at radius 3 is 2.95 bits per heavy atom. The molecular formula is C15H14BrNOS. The zero-order chi connectivity index (χ0) is 13.2. The van der Waals surface area contributed by atoms with Crippen molar-refractivity contribution in [2.45, 2.75) is 25.3 Å². The average molecular weight is 336 g/mol. The summed E-state index contributed by atoms with van der Waals surface area (Å²) in [6, 6.07) is 10.5. The van der Waals surface area contributed by atoms with Crippen molar-refractivity contribution >= 4 is 33.2 Å². The summed E-state index contributed by atoms with van der Waals surface area (Å²) in [6.07, 6.45) is 3.27. The lowest BCUT2D eigenvalue weighted by molar-refractivity contribution is 0.0936. The van der Waals surface area contributed by atoms with Crippen LogP contribution >= 0.6 is 27.3 Å². The summed E-state index contributed by atoms with van der Waals surface area (Å²) in [5.74, 6) is 0.0172. The number of hydrogen-bond donors (Lipinski definition) is 1. The fourth-order valence-electron chi connectivity index (χ4n) is 2.58. The summed E-state index contributed by atoms with van der Waals surface area (Å²) in [4.78, 5) is 13.0. The Hall–Kier alpha value is -1.13. The van der Waals surface area contributed by atoms with E-state index in [9.17, 15) is 4.79 Å². The van der Waals surface area contributed by atoms with Gasteiger partial charge in [0.1, 0.15) is 4.88 Å². The molecule has 0 aliphatic heterocycles. The third kappa shape index (κ3) is 2.60. The van der Waals surface area contributed by atoms with Gasteiger partial charge in [0.05, 0.1) is 6.04 Å². The Kier molecular flexibility index (Phi) is 3.71. The zero-order valence-electron chi connectivity index (χ0n) is 10.4. The maximum absolute atomic E-state index is 12.3. The third-order valence-electron chi connectivity index (χ3n) is 3.50. The van der Waals surface area contributed by atoms with Gasteiger partial charge in [-0.1, -0.05) is 24.3 Å². The SMILES string of the molecule is O=C(NC1CCCc2ccccc21)c1sccc1Br. The predicted molar refractivity (Wildman–Crippen MR) is 81.6 cm³/mol. The van der Waals surface area contributed by atoms with E-state index in [1.165, 1.54) is 22.5 Å². The number of aryl methyl sites for hydroxylation is 1. The summed E-state index contributed by atoms with van der Waals surface area (Å²) in [6.45, 7) is 0. The molecule has 1 amide bonds. The molecule has 3 rings (SSSR count). The Morgan fingerprint density at radius 2 is 2.16 bits per heavy atom. The van der Waals surface area contributed by atoms with Crippen LogP contribution in [0.25, 0.3) is 0 Å². The van der Waals surface area contributed by atoms with Gasteiger partial charge in [0, 0.05) is 4.47 Å². The van der Waals surface area contributed by atoms with Crippen LogP contribution in [0.3, 0.4) is 0 Å². The molecule has 0 saturated carbocycles. The lowest BCUT2D eigenvalue weighted by atomic mass is 9.88. The van der Waals surface area contributed by atoms with Gasteiger partial charge < -0.3 is 5.32 Å². The summed E-state index contributed by atoms with van der Waals surface area (Å²) in [7, 11) is 0. The molecule has 0 fully saturated rings. The van der Waals surface area contributed by atoms with E-state index < -0.39 is 0 Å². The number of benzene rings is 1. The number of thiophene rings is 1. The largest absolute Gasteiger partial charge is 0.344 e. The standard InChI is InChI=1S/C15H14BrNOS/c16-12-8-9-19-14(12)15(18)17-13-7-3-5-10-4-1-2-6-11(10)13/h1-2,4,6,8-9,13H,3,5,7H2,(H,17,18). The number of rotatable bonds is 2. The molecule has 0 saturated heterocycles. The van der Waals surface area contributed by atoms with Crippen molar-refractivity contribution < 1.29 is 4.79 Å². The first-order valence-corrected chi connectivity index (χ1v) is 8.04. The van der Waals surface area contributed by atoms with Crippen molar-refractivity contribution in [3.8, 4) is 0 Å². The monoisotopic (exact) mass is 335 g/mol. The molecular weight excluding hydrogens is 322 g/mol. The molecule has 1 aromatic heterocycles. The molecule has 1 atom stereocenters. The van der Waals surface area contributed by atoms with Gasteiger partial charge in [0.2, 0.25) is 0 Å². The zero-order valence-corrected chi connectivity index (χ0v) is 12.8. The van der Waals surface area contributed by atoms with E-state index in [1.54, 1.807) is 0 Å². The Balaban J connectivity index is 1.82. The minimum absolute atomic E-state index is 0.0172. The van der Waals surface area contributed by atoms with Crippen molar-refractivity contribution in [2.75, 3.05) is 0 Å². The molecule has 1 heterocycles. The molecule has 1 aliphatic carbocycles. The van der Waals surface area contributed by atoms with Crippen molar-refractivity contribution in [2.24, 2.45) is 0 Å². The molecule has 1 N–H and O–H groups in total. The first-order valence-electron chi connectivity index (χ1n) is 6.37. The van der Waals surface area contributed by atoms with E-state index in [1.807, 2.05) is 17.5 Å². The highest BCUT2D eigenvalue weighted by atomic mass is 79.9. The molecule has 0 radical (unpaired) electrons. The summed E-state index contributed by atoms with van der Waals surface area (Å²) in [5, 5.41) is 5.08. The van der Waals surface area contributed by atoms with Crippen molar-refractivity contribution in [3.63, 3.8) is 0 Å². The van der Waals surface area contributed by atoms with Crippen LogP contribution in [-0.2, 0) is 6.42 Å². The topological polar surface area (TPSA) is 29.1 Å². The third-order valence-corrected chi connectivity index (χ3v) is 5.33. The first kappa shape index (κ1) is 12.9. The maximum Gasteiger partial charge on any atom is 0.262 e. The van der Waals surface area contributed by atoms with Crippen LogP contribution in [0.2, 0.25) is 0 Å². The summed E-state index contributed by atoms with van der Waals surface area (Å²) < 4.78 is 0.874. The molecule has 19 heavy (non-hydrogen) atoms. The highest BCUT2D eigenvalue weighted by molar-refractivity contribution is 9.10. The van der Waals surface area contributed by atoms with Gasteiger partial charge in [0.15, 0.2) is 0 Å². The molecule has 4 heteroatoms. The van der Waals surface area contributed by atoms with Crippen LogP contribution in [0.1, 0.15) is 39.7 Å². The first-order chi connectivity index (χ1) is 9.25. The highest BCUT2D eigenvalue weighted by Crippen LogP contribution is 2.30. The van der Waals surface area contributed by atoms with Gasteiger partial charge in [-0.15, -0.1) is 11.3 Å². The molecule has 2 nitrogen and oxygen atoms in total. The number of hydrogen-bond acceptors (Lipinski definition) is 2. The number of amides is 1. The quantitative estimate of drug-likeness (QED) is 0.870. The minimum Gasteiger partial charge on any atom is -0.344 e. The number of halogens is 1. The number of carbonyl (C=O) groups is 1. The molecule has 0 spiro atoms. The lowest BCUT2D eigenvalue weighted by Gasteiger charge is -2.26. The molecule has 2 aromatic rings. The maximum atomic E-state index is 12.3. The van der Waals surface area contributed by atoms with Gasteiger partial charge >= 0.3 is 0 Å². The van der Waals surface area contributed by atoms with Crippen molar-refractivity contribution in [1.82, 2.24) is 5.32 Å². The predicted octanol–water partition coefficient (Wildman–Crippen LogP) is 4.32. The van der Waals surface area contributed by atoms with Gasteiger partial charge in [-0.3, -0.25) is 4.79 Å². The molecule has 0 bridgehead atoms. The van der Waals surface area contributed by atoms with E-state index in [2.05, 4.69) is 39.4 Å². The van der Waals surface area contributed by atoms with Crippen LogP contribution in [0.15, 0.2) is 40.2 Å². The van der Waals surface area contributed by atoms with Crippen LogP contribution in [0.5, 0.6) is 0 Å². The average Bonchev–Trinajstić information content (AvgIpc) is 2.85. The molecule has 98 valence electrons. The van der Waals surface area contributed by atoms with Gasteiger partial charge in [-0.05, 0) is 57.8 Å². The van der Waals surface area contributed by atoms with Crippen molar-refractivity contribution in [1.29, 1.82) is 0 Å². The Bertz CT molecular complexity index is 608. The van der Waals surface area contributed by atoms with Gasteiger partial charge in [0.25, 0.3) is 5.91 Å². The second-order valence-corrected chi connectivity index (χ2v) is 6.49. The highest BCUT2D eigenvalue weighted by Gasteiger charge is 2.22. The van der Waals surface area contributed by atoms with Crippen LogP contribution < -0.4 is 5.32 Å². The number of nitrogens with one attached hydrogen (secondary N) is 1. The molecule has 1 aromatic carbocycles. The Labute approximate surface area is 125 Å². The van der Waals surface area contributed by atoms with Crippen LogP contribution in [0, 0.1) is 0 Å². The molecule has 1 unspecified atom stereocenters. The lowest BCUT2D eigenvalue weighted by Crippen LogP contribution is -2.30. The fourth-order valence-corrected chi connectivity index (χ4v) is 4.04. The number of fused-ring (bicyclic) bond motifs is 1. The van der Waals surface area contributed by atoms with Crippen LogP contribution in [-0.4, -0.2) is 5.91 Å². The fraction of sp³-hybridized carbons (Fsp3) is 0.267. The normalized spacial score (nSPS) is 17.8. The van der Waals surface area contributed by atoms with E-state index in [0.29, 0.717) is 0 Å². The summed E-state index contributed by atoms with van der Waals surface area (Å²) >= 11 is 4.88.